The molecule has 2 aliphatic carbocycles. The molecule has 0 spiro atoms. The normalized spacial score (nSPS) is 24.1. The van der Waals surface area contributed by atoms with Crippen molar-refractivity contribution in [3.63, 3.8) is 0 Å². The summed E-state index contributed by atoms with van der Waals surface area (Å²) in [5.41, 5.74) is 0.155. The summed E-state index contributed by atoms with van der Waals surface area (Å²) >= 11 is 8.16. The second-order valence-corrected chi connectivity index (χ2v) is 18.0. The van der Waals surface area contributed by atoms with Crippen LogP contribution in [0.1, 0.15) is 56.8 Å². The fraction of sp³-hybridized carbons (Fsp3) is 0.519. The zero-order valence-corrected chi connectivity index (χ0v) is 23.8. The first-order valence-corrected chi connectivity index (χ1v) is 16.5. The van der Waals surface area contributed by atoms with E-state index >= 15 is 0 Å². The van der Waals surface area contributed by atoms with Crippen LogP contribution in [0.25, 0.3) is 0 Å². The maximum absolute atomic E-state index is 13.5. The van der Waals surface area contributed by atoms with E-state index in [-0.39, 0.29) is 10.7 Å². The monoisotopic (exact) mass is 555 g/mol. The van der Waals surface area contributed by atoms with Gasteiger partial charge < -0.3 is 9.74 Å². The summed E-state index contributed by atoms with van der Waals surface area (Å²) in [6.07, 6.45) is 4.78. The van der Waals surface area contributed by atoms with Crippen molar-refractivity contribution in [2.24, 2.45) is 11.8 Å². The van der Waals surface area contributed by atoms with Crippen molar-refractivity contribution in [3.05, 3.63) is 58.4 Å². The molecule has 9 heteroatoms. The van der Waals surface area contributed by atoms with Crippen molar-refractivity contribution in [2.45, 2.75) is 80.8 Å². The summed E-state index contributed by atoms with van der Waals surface area (Å²) in [4.78, 5) is 13.5. The third kappa shape index (κ3) is 5.82. The van der Waals surface area contributed by atoms with Gasteiger partial charge in [0.05, 0.1) is 11.1 Å². The standard InChI is InChI=1S/C27H33ClF3NO2SSi/c1-27(2,3)36(4,5)34-25-15-6-7-16(25)11-19(10-15)35-23-12-17(8-9-20(23)28)26(33)32-18-13-21(29)24(31)22(30)14-18/h8-9,12-16,19,25H,6-7,10-11H2,1-5H3,(H,32,33)/t15-,16?,19-,25-/m0/s1. The first-order valence-electron chi connectivity index (χ1n) is 12.3. The molecule has 196 valence electrons. The predicted molar refractivity (Wildman–Crippen MR) is 143 cm³/mol. The van der Waals surface area contributed by atoms with Gasteiger partial charge in [0.1, 0.15) is 0 Å². The fourth-order valence-electron chi connectivity index (χ4n) is 4.97. The molecule has 2 fully saturated rings. The molecule has 4 rings (SSSR count). The minimum absolute atomic E-state index is 0.155. The molecule has 2 saturated carbocycles. The second-order valence-electron chi connectivity index (χ2n) is 11.5. The number of anilines is 1. The van der Waals surface area contributed by atoms with Crippen molar-refractivity contribution in [1.82, 2.24) is 0 Å². The SMILES string of the molecule is CC(C)(C)[Si](C)(C)O[C@@H]1C2CC[C@H]1C[C@H](Sc1cc(C(=O)Nc3cc(F)c(F)c(F)c3)ccc1Cl)C2. The lowest BCUT2D eigenvalue weighted by atomic mass is 9.86. The Hall–Kier alpha value is -1.48. The summed E-state index contributed by atoms with van der Waals surface area (Å²) in [6, 6.07) is 6.43. The summed E-state index contributed by atoms with van der Waals surface area (Å²) in [6.45, 7) is 11.5. The number of hydrogen-bond acceptors (Lipinski definition) is 3. The lowest BCUT2D eigenvalue weighted by molar-refractivity contribution is 0.0724. The molecule has 36 heavy (non-hydrogen) atoms. The largest absolute Gasteiger partial charge is 0.413 e. The van der Waals surface area contributed by atoms with Gasteiger partial charge in [-0.15, -0.1) is 11.8 Å². The van der Waals surface area contributed by atoms with Crippen LogP contribution in [0.4, 0.5) is 18.9 Å². The Morgan fingerprint density at radius 2 is 1.64 bits per heavy atom. The Balaban J connectivity index is 1.44. The summed E-state index contributed by atoms with van der Waals surface area (Å²) < 4.78 is 47.1. The lowest BCUT2D eigenvalue weighted by Gasteiger charge is -2.44. The van der Waals surface area contributed by atoms with Gasteiger partial charge in [-0.3, -0.25) is 4.79 Å². The Kier molecular flexibility index (Phi) is 7.92. The number of benzene rings is 2. The maximum atomic E-state index is 13.5. The van der Waals surface area contributed by atoms with Gasteiger partial charge in [0, 0.05) is 33.5 Å². The van der Waals surface area contributed by atoms with Gasteiger partial charge in [0.2, 0.25) is 0 Å². The molecule has 4 atom stereocenters. The van der Waals surface area contributed by atoms with E-state index in [0.717, 1.165) is 29.9 Å². The van der Waals surface area contributed by atoms with Gasteiger partial charge in [0.25, 0.3) is 5.91 Å². The van der Waals surface area contributed by atoms with Crippen LogP contribution in [-0.4, -0.2) is 25.6 Å². The number of rotatable bonds is 6. The number of hydrogen-bond donors (Lipinski definition) is 1. The molecular weight excluding hydrogens is 523 g/mol. The van der Waals surface area contributed by atoms with Crippen LogP contribution in [0.3, 0.4) is 0 Å². The first-order chi connectivity index (χ1) is 16.7. The highest BCUT2D eigenvalue weighted by Gasteiger charge is 2.48. The smallest absolute Gasteiger partial charge is 0.255 e. The van der Waals surface area contributed by atoms with Crippen LogP contribution in [0.2, 0.25) is 23.2 Å². The van der Waals surface area contributed by atoms with E-state index in [1.54, 1.807) is 30.0 Å². The minimum Gasteiger partial charge on any atom is -0.413 e. The molecule has 1 N–H and O–H groups in total. The summed E-state index contributed by atoms with van der Waals surface area (Å²) in [5.74, 6) is -3.78. The Morgan fingerprint density at radius 3 is 2.19 bits per heavy atom. The highest BCUT2D eigenvalue weighted by Crippen LogP contribution is 2.51. The van der Waals surface area contributed by atoms with Gasteiger partial charge in [-0.05, 0) is 73.9 Å². The second kappa shape index (κ2) is 10.3. The number of carbonyl (C=O) groups excluding carboxylic acids is 1. The number of amides is 1. The molecule has 0 radical (unpaired) electrons. The number of fused-ring (bicyclic) bond motifs is 2. The third-order valence-electron chi connectivity index (χ3n) is 7.93. The van der Waals surface area contributed by atoms with Crippen molar-refractivity contribution in [2.75, 3.05) is 5.32 Å². The highest BCUT2D eigenvalue weighted by atomic mass is 35.5. The molecule has 1 amide bonds. The quantitative estimate of drug-likeness (QED) is 0.286. The summed E-state index contributed by atoms with van der Waals surface area (Å²) in [7, 11) is -1.84. The Morgan fingerprint density at radius 1 is 1.06 bits per heavy atom. The van der Waals surface area contributed by atoms with Gasteiger partial charge >= 0.3 is 0 Å². The van der Waals surface area contributed by atoms with E-state index in [1.807, 2.05) is 0 Å². The lowest BCUT2D eigenvalue weighted by Crippen LogP contribution is -2.48. The van der Waals surface area contributed by atoms with Crippen molar-refractivity contribution in [3.8, 4) is 0 Å². The van der Waals surface area contributed by atoms with Crippen LogP contribution in [-0.2, 0) is 4.43 Å². The van der Waals surface area contributed by atoms with Gasteiger partial charge in [-0.2, -0.15) is 0 Å². The molecule has 2 aromatic carbocycles. The first kappa shape index (κ1) is 27.5. The minimum atomic E-state index is -1.84. The molecule has 0 heterocycles. The van der Waals surface area contributed by atoms with E-state index < -0.39 is 31.7 Å². The summed E-state index contributed by atoms with van der Waals surface area (Å²) in [5, 5.41) is 3.54. The van der Waals surface area contributed by atoms with Crippen LogP contribution in [0.5, 0.6) is 0 Å². The average Bonchev–Trinajstić information content (AvgIpc) is 2.99. The van der Waals surface area contributed by atoms with Crippen LogP contribution >= 0.6 is 23.4 Å². The van der Waals surface area contributed by atoms with E-state index in [4.69, 9.17) is 16.0 Å². The van der Waals surface area contributed by atoms with E-state index in [9.17, 15) is 18.0 Å². The van der Waals surface area contributed by atoms with E-state index in [1.165, 1.54) is 12.8 Å². The van der Waals surface area contributed by atoms with Gasteiger partial charge in [-0.1, -0.05) is 32.4 Å². The average molecular weight is 556 g/mol. The molecule has 0 aromatic heterocycles. The topological polar surface area (TPSA) is 38.3 Å². The molecule has 0 saturated heterocycles. The number of halogens is 4. The maximum Gasteiger partial charge on any atom is 0.255 e. The van der Waals surface area contributed by atoms with Crippen LogP contribution in [0, 0.1) is 29.3 Å². The molecule has 3 nitrogen and oxygen atoms in total. The molecule has 2 bridgehead atoms. The number of carbonyl (C=O) groups is 1. The Bertz CT molecular complexity index is 1120. The zero-order valence-electron chi connectivity index (χ0n) is 21.3. The molecule has 1 unspecified atom stereocenters. The van der Waals surface area contributed by atoms with Crippen molar-refractivity contribution in [1.29, 1.82) is 0 Å². The molecule has 2 aliphatic rings. The highest BCUT2D eigenvalue weighted by molar-refractivity contribution is 8.00. The van der Waals surface area contributed by atoms with E-state index in [0.29, 0.717) is 33.8 Å². The predicted octanol–water partition coefficient (Wildman–Crippen LogP) is 8.68. The Labute approximate surface area is 221 Å². The number of nitrogens with one attached hydrogen (secondary N) is 1. The fourth-order valence-corrected chi connectivity index (χ4v) is 8.06. The molecule has 2 aromatic rings. The van der Waals surface area contributed by atoms with Crippen LogP contribution in [0.15, 0.2) is 35.2 Å². The van der Waals surface area contributed by atoms with Gasteiger partial charge in [0.15, 0.2) is 25.8 Å². The third-order valence-corrected chi connectivity index (χ3v) is 14.2. The van der Waals surface area contributed by atoms with Crippen molar-refractivity contribution >= 4 is 43.3 Å². The number of thioether (sulfide) groups is 1. The van der Waals surface area contributed by atoms with E-state index in [2.05, 4.69) is 39.2 Å². The zero-order chi connectivity index (χ0) is 26.4. The molecule has 0 aliphatic heterocycles. The van der Waals surface area contributed by atoms with Gasteiger partial charge in [-0.25, -0.2) is 13.2 Å². The molecular formula is C27H33ClF3NO2SSi. The van der Waals surface area contributed by atoms with Crippen LogP contribution < -0.4 is 5.32 Å². The van der Waals surface area contributed by atoms with Crippen molar-refractivity contribution < 1.29 is 22.4 Å².